The number of hydrogen-bond acceptors (Lipinski definition) is 5. The Morgan fingerprint density at radius 2 is 2.16 bits per heavy atom. The van der Waals surface area contributed by atoms with Crippen LogP contribution in [0.5, 0.6) is 0 Å². The second kappa shape index (κ2) is 8.12. The van der Waals surface area contributed by atoms with Gasteiger partial charge in [-0.3, -0.25) is 0 Å². The quantitative estimate of drug-likeness (QED) is 0.873. The fourth-order valence-corrected chi connectivity index (χ4v) is 4.27. The molecule has 1 fully saturated rings. The summed E-state index contributed by atoms with van der Waals surface area (Å²) in [4.78, 5) is 8.84. The van der Waals surface area contributed by atoms with E-state index in [-0.39, 0.29) is 0 Å². The number of thiazole rings is 1. The van der Waals surface area contributed by atoms with Crippen molar-refractivity contribution in [3.8, 4) is 0 Å². The van der Waals surface area contributed by atoms with E-state index in [4.69, 9.17) is 4.98 Å². The van der Waals surface area contributed by atoms with E-state index in [0.29, 0.717) is 0 Å². The van der Waals surface area contributed by atoms with Crippen LogP contribution in [0, 0.1) is 0 Å². The molecule has 0 radical (unpaired) electrons. The third-order valence-corrected chi connectivity index (χ3v) is 5.49. The molecule has 1 saturated heterocycles. The first-order valence-corrected chi connectivity index (χ1v) is 9.34. The fraction of sp³-hybridized carbons (Fsp3) is 0.786. The third-order valence-electron chi connectivity index (χ3n) is 3.28. The van der Waals surface area contributed by atoms with Crippen LogP contribution in [0.15, 0.2) is 0 Å². The molecule has 0 atom stereocenters. The molecule has 1 N–H and O–H groups in total. The predicted octanol–water partition coefficient (Wildman–Crippen LogP) is 3.15. The Kier molecular flexibility index (Phi) is 6.47. The lowest BCUT2D eigenvalue weighted by Gasteiger charge is -2.18. The number of rotatable bonds is 6. The van der Waals surface area contributed by atoms with E-state index >= 15 is 0 Å². The van der Waals surface area contributed by atoms with Crippen molar-refractivity contribution >= 4 is 28.2 Å². The van der Waals surface area contributed by atoms with Gasteiger partial charge in [-0.15, -0.1) is 11.3 Å². The Morgan fingerprint density at radius 3 is 2.95 bits per heavy atom. The summed E-state index contributed by atoms with van der Waals surface area (Å²) in [5, 5.41) is 4.69. The number of aromatic nitrogens is 1. The van der Waals surface area contributed by atoms with Gasteiger partial charge in [0.2, 0.25) is 0 Å². The highest BCUT2D eigenvalue weighted by molar-refractivity contribution is 7.99. The largest absolute Gasteiger partial charge is 0.347 e. The Hall–Kier alpha value is -0.260. The van der Waals surface area contributed by atoms with E-state index in [0.717, 1.165) is 26.1 Å². The van der Waals surface area contributed by atoms with E-state index in [1.54, 1.807) is 0 Å². The van der Waals surface area contributed by atoms with Gasteiger partial charge < -0.3 is 10.2 Å². The van der Waals surface area contributed by atoms with Crippen LogP contribution in [-0.4, -0.2) is 36.1 Å². The molecule has 1 aliphatic rings. The van der Waals surface area contributed by atoms with Gasteiger partial charge in [0, 0.05) is 30.3 Å². The Labute approximate surface area is 125 Å². The molecule has 0 aliphatic carbocycles. The lowest BCUT2D eigenvalue weighted by molar-refractivity contribution is 0.722. The zero-order valence-electron chi connectivity index (χ0n) is 12.1. The second-order valence-electron chi connectivity index (χ2n) is 4.85. The van der Waals surface area contributed by atoms with Crippen LogP contribution in [0.25, 0.3) is 0 Å². The van der Waals surface area contributed by atoms with Crippen LogP contribution in [0.1, 0.15) is 37.3 Å². The van der Waals surface area contributed by atoms with Gasteiger partial charge in [-0.1, -0.05) is 20.3 Å². The summed E-state index contributed by atoms with van der Waals surface area (Å²) in [6.07, 6.45) is 3.58. The van der Waals surface area contributed by atoms with Crippen LogP contribution in [0.2, 0.25) is 0 Å². The minimum atomic E-state index is 0.978. The molecular weight excluding hydrogens is 274 g/mol. The van der Waals surface area contributed by atoms with Crippen molar-refractivity contribution in [3.63, 3.8) is 0 Å². The third kappa shape index (κ3) is 4.36. The molecule has 2 rings (SSSR count). The maximum absolute atomic E-state index is 4.91. The van der Waals surface area contributed by atoms with Gasteiger partial charge in [0.1, 0.15) is 0 Å². The van der Waals surface area contributed by atoms with Gasteiger partial charge in [-0.05, 0) is 25.1 Å². The number of anilines is 1. The predicted molar refractivity (Wildman–Crippen MR) is 87.6 cm³/mol. The summed E-state index contributed by atoms with van der Waals surface area (Å²) in [5.74, 6) is 2.54. The molecule has 0 spiro atoms. The average molecular weight is 300 g/mol. The molecule has 1 aliphatic heterocycles. The maximum Gasteiger partial charge on any atom is 0.185 e. The molecule has 0 bridgehead atoms. The first-order valence-electron chi connectivity index (χ1n) is 7.37. The van der Waals surface area contributed by atoms with Crippen molar-refractivity contribution in [1.82, 2.24) is 10.3 Å². The van der Waals surface area contributed by atoms with Crippen LogP contribution in [0.3, 0.4) is 0 Å². The van der Waals surface area contributed by atoms with Gasteiger partial charge in [-0.2, -0.15) is 11.8 Å². The summed E-state index contributed by atoms with van der Waals surface area (Å²) >= 11 is 3.97. The molecule has 0 amide bonds. The first kappa shape index (κ1) is 15.1. The number of aryl methyl sites for hydroxylation is 1. The number of nitrogens with one attached hydrogen (secondary N) is 1. The highest BCUT2D eigenvalue weighted by Gasteiger charge is 2.17. The first-order chi connectivity index (χ1) is 9.35. The Balaban J connectivity index is 2.10. The summed E-state index contributed by atoms with van der Waals surface area (Å²) in [6, 6.07) is 0. The van der Waals surface area contributed by atoms with Gasteiger partial charge in [0.25, 0.3) is 0 Å². The standard InChI is InChI=1S/C14H25N3S2/c1-3-6-12-13(11-15-4-2)19-14(16-12)17-7-5-9-18-10-8-17/h15H,3-11H2,1-2H3. The van der Waals surface area contributed by atoms with Crippen LogP contribution < -0.4 is 10.2 Å². The van der Waals surface area contributed by atoms with E-state index < -0.39 is 0 Å². The molecule has 5 heteroatoms. The van der Waals surface area contributed by atoms with Crippen LogP contribution >= 0.6 is 23.1 Å². The van der Waals surface area contributed by atoms with Crippen molar-refractivity contribution < 1.29 is 0 Å². The van der Waals surface area contributed by atoms with Crippen molar-refractivity contribution in [2.45, 2.75) is 39.7 Å². The highest BCUT2D eigenvalue weighted by atomic mass is 32.2. The van der Waals surface area contributed by atoms with Gasteiger partial charge in [0.15, 0.2) is 5.13 Å². The number of hydrogen-bond donors (Lipinski definition) is 1. The minimum absolute atomic E-state index is 0.978. The Bertz CT molecular complexity index is 371. The molecule has 0 saturated carbocycles. The summed E-state index contributed by atoms with van der Waals surface area (Å²) in [5.41, 5.74) is 1.32. The number of thioether (sulfide) groups is 1. The molecule has 1 aromatic rings. The van der Waals surface area contributed by atoms with E-state index in [1.165, 1.54) is 46.6 Å². The van der Waals surface area contributed by atoms with Gasteiger partial charge in [0.05, 0.1) is 5.69 Å². The molecule has 1 aromatic heterocycles. The van der Waals surface area contributed by atoms with Crippen LogP contribution in [-0.2, 0) is 13.0 Å². The smallest absolute Gasteiger partial charge is 0.185 e. The maximum atomic E-state index is 4.91. The SMILES string of the molecule is CCCc1nc(N2CCCSCC2)sc1CNCC. The van der Waals surface area contributed by atoms with Crippen molar-refractivity contribution in [1.29, 1.82) is 0 Å². The van der Waals surface area contributed by atoms with Crippen molar-refractivity contribution in [2.75, 3.05) is 36.0 Å². The molecule has 108 valence electrons. The Morgan fingerprint density at radius 1 is 1.26 bits per heavy atom. The second-order valence-corrected chi connectivity index (χ2v) is 7.14. The molecule has 0 unspecified atom stereocenters. The molecule has 0 aromatic carbocycles. The summed E-state index contributed by atoms with van der Waals surface area (Å²) in [6.45, 7) is 8.73. The highest BCUT2D eigenvalue weighted by Crippen LogP contribution is 2.28. The van der Waals surface area contributed by atoms with Gasteiger partial charge in [-0.25, -0.2) is 4.98 Å². The zero-order chi connectivity index (χ0) is 13.5. The molecule has 2 heterocycles. The monoisotopic (exact) mass is 299 g/mol. The molecule has 3 nitrogen and oxygen atoms in total. The van der Waals surface area contributed by atoms with E-state index in [2.05, 4.69) is 35.8 Å². The van der Waals surface area contributed by atoms with Gasteiger partial charge >= 0.3 is 0 Å². The lowest BCUT2D eigenvalue weighted by atomic mass is 10.2. The fourth-order valence-electron chi connectivity index (χ4n) is 2.25. The lowest BCUT2D eigenvalue weighted by Crippen LogP contribution is -2.25. The summed E-state index contributed by atoms with van der Waals surface area (Å²) in [7, 11) is 0. The van der Waals surface area contributed by atoms with E-state index in [9.17, 15) is 0 Å². The minimum Gasteiger partial charge on any atom is -0.347 e. The van der Waals surface area contributed by atoms with Crippen molar-refractivity contribution in [2.24, 2.45) is 0 Å². The molecule has 19 heavy (non-hydrogen) atoms. The zero-order valence-corrected chi connectivity index (χ0v) is 13.7. The van der Waals surface area contributed by atoms with Crippen LogP contribution in [0.4, 0.5) is 5.13 Å². The average Bonchev–Trinajstić information content (AvgIpc) is 2.65. The molecular formula is C14H25N3S2. The normalized spacial score (nSPS) is 16.6. The number of nitrogens with zero attached hydrogens (tertiary/aromatic N) is 2. The van der Waals surface area contributed by atoms with Crippen molar-refractivity contribution in [3.05, 3.63) is 10.6 Å². The summed E-state index contributed by atoms with van der Waals surface area (Å²) < 4.78 is 0. The van der Waals surface area contributed by atoms with E-state index in [1.807, 2.05) is 11.3 Å². The topological polar surface area (TPSA) is 28.2 Å².